The number of aromatic nitrogens is 2. The molecule has 0 spiro atoms. The number of nitrogens with zero attached hydrogens (tertiary/aromatic N) is 2. The minimum atomic E-state index is -0.254. The number of nitrogens with one attached hydrogen (secondary N) is 2. The van der Waals surface area contributed by atoms with Gasteiger partial charge in [-0.2, -0.15) is 5.10 Å². The average molecular weight is 244 g/mol. The van der Waals surface area contributed by atoms with E-state index in [9.17, 15) is 4.79 Å². The number of anilines is 1. The summed E-state index contributed by atoms with van der Waals surface area (Å²) in [7, 11) is 1.58. The smallest absolute Gasteiger partial charge is 0.320 e. The SMILES string of the molecule is CNC(=O)Nc1c(C)c(C)nn1-c1ccccc1. The molecule has 1 aromatic heterocycles. The zero-order chi connectivity index (χ0) is 13.1. The summed E-state index contributed by atoms with van der Waals surface area (Å²) in [6, 6.07) is 9.45. The maximum atomic E-state index is 11.5. The quantitative estimate of drug-likeness (QED) is 0.851. The molecule has 2 rings (SSSR count). The highest BCUT2D eigenvalue weighted by Crippen LogP contribution is 2.22. The third-order valence-electron chi connectivity index (χ3n) is 2.82. The summed E-state index contributed by atoms with van der Waals surface area (Å²) in [4.78, 5) is 11.5. The molecule has 2 aromatic rings. The summed E-state index contributed by atoms with van der Waals surface area (Å²) in [5.41, 5.74) is 2.77. The topological polar surface area (TPSA) is 59.0 Å². The van der Waals surface area contributed by atoms with E-state index in [-0.39, 0.29) is 6.03 Å². The number of benzene rings is 1. The van der Waals surface area contributed by atoms with Gasteiger partial charge in [0.1, 0.15) is 5.82 Å². The molecule has 2 N–H and O–H groups in total. The molecule has 0 unspecified atom stereocenters. The minimum Gasteiger partial charge on any atom is -0.341 e. The molecule has 5 heteroatoms. The predicted molar refractivity (Wildman–Crippen MR) is 71.1 cm³/mol. The fourth-order valence-electron chi connectivity index (χ4n) is 1.68. The van der Waals surface area contributed by atoms with E-state index in [1.807, 2.05) is 44.2 Å². The molecule has 0 saturated carbocycles. The van der Waals surface area contributed by atoms with Crippen molar-refractivity contribution < 1.29 is 4.79 Å². The molecular weight excluding hydrogens is 228 g/mol. The van der Waals surface area contributed by atoms with Gasteiger partial charge in [-0.05, 0) is 26.0 Å². The van der Waals surface area contributed by atoms with Gasteiger partial charge in [-0.1, -0.05) is 18.2 Å². The van der Waals surface area contributed by atoms with Gasteiger partial charge in [-0.3, -0.25) is 5.32 Å². The summed E-state index contributed by atoms with van der Waals surface area (Å²) < 4.78 is 1.74. The Morgan fingerprint density at radius 1 is 1.22 bits per heavy atom. The van der Waals surface area contributed by atoms with Crippen LogP contribution in [0.5, 0.6) is 0 Å². The Morgan fingerprint density at radius 3 is 2.50 bits per heavy atom. The van der Waals surface area contributed by atoms with Crippen LogP contribution < -0.4 is 10.6 Å². The van der Waals surface area contributed by atoms with Gasteiger partial charge in [0.05, 0.1) is 11.4 Å². The number of aryl methyl sites for hydroxylation is 1. The summed E-state index contributed by atoms with van der Waals surface area (Å²) in [5.74, 6) is 0.693. The maximum Gasteiger partial charge on any atom is 0.320 e. The average Bonchev–Trinajstić information content (AvgIpc) is 2.68. The number of urea groups is 1. The highest BCUT2D eigenvalue weighted by atomic mass is 16.2. The van der Waals surface area contributed by atoms with E-state index >= 15 is 0 Å². The molecule has 0 fully saturated rings. The van der Waals surface area contributed by atoms with Crippen molar-refractivity contribution in [2.75, 3.05) is 12.4 Å². The third-order valence-corrected chi connectivity index (χ3v) is 2.82. The van der Waals surface area contributed by atoms with Crippen LogP contribution in [0.4, 0.5) is 10.6 Å². The molecule has 0 saturated heterocycles. The van der Waals surface area contributed by atoms with Crippen LogP contribution in [0.25, 0.3) is 5.69 Å². The largest absolute Gasteiger partial charge is 0.341 e. The first-order chi connectivity index (χ1) is 8.63. The van der Waals surface area contributed by atoms with Crippen molar-refractivity contribution >= 4 is 11.8 Å². The van der Waals surface area contributed by atoms with Crippen molar-refractivity contribution in [3.8, 4) is 5.69 Å². The molecule has 2 amide bonds. The zero-order valence-corrected chi connectivity index (χ0v) is 10.7. The first kappa shape index (κ1) is 12.2. The number of hydrogen-bond acceptors (Lipinski definition) is 2. The molecule has 0 bridgehead atoms. The predicted octanol–water partition coefficient (Wildman–Crippen LogP) is 2.24. The fraction of sp³-hybridized carbons (Fsp3) is 0.231. The molecular formula is C13H16N4O. The fourth-order valence-corrected chi connectivity index (χ4v) is 1.68. The molecule has 5 nitrogen and oxygen atoms in total. The zero-order valence-electron chi connectivity index (χ0n) is 10.7. The second-order valence-electron chi connectivity index (χ2n) is 4.01. The van der Waals surface area contributed by atoms with Crippen LogP contribution >= 0.6 is 0 Å². The Labute approximate surface area is 106 Å². The van der Waals surface area contributed by atoms with E-state index in [1.54, 1.807) is 11.7 Å². The number of rotatable bonds is 2. The summed E-state index contributed by atoms with van der Waals surface area (Å²) in [6.07, 6.45) is 0. The Hall–Kier alpha value is -2.30. The van der Waals surface area contributed by atoms with Crippen LogP contribution in [-0.2, 0) is 0 Å². The van der Waals surface area contributed by atoms with Gasteiger partial charge in [0, 0.05) is 12.6 Å². The number of hydrogen-bond donors (Lipinski definition) is 2. The van der Waals surface area contributed by atoms with E-state index in [0.29, 0.717) is 5.82 Å². The normalized spacial score (nSPS) is 10.2. The van der Waals surface area contributed by atoms with Crippen LogP contribution in [-0.4, -0.2) is 22.9 Å². The molecule has 0 atom stereocenters. The molecule has 1 aromatic carbocycles. The van der Waals surface area contributed by atoms with E-state index in [2.05, 4.69) is 15.7 Å². The Bertz CT molecular complexity index is 560. The molecule has 94 valence electrons. The van der Waals surface area contributed by atoms with Crippen molar-refractivity contribution in [3.63, 3.8) is 0 Å². The Morgan fingerprint density at radius 2 is 1.89 bits per heavy atom. The number of amides is 2. The first-order valence-corrected chi connectivity index (χ1v) is 5.74. The van der Waals surface area contributed by atoms with Crippen LogP contribution in [0.3, 0.4) is 0 Å². The molecule has 0 aliphatic rings. The number of carbonyl (C=O) groups is 1. The van der Waals surface area contributed by atoms with Gasteiger partial charge in [0.2, 0.25) is 0 Å². The molecule has 0 radical (unpaired) electrons. The van der Waals surface area contributed by atoms with Crippen molar-refractivity contribution in [1.29, 1.82) is 0 Å². The van der Waals surface area contributed by atoms with Crippen molar-refractivity contribution in [3.05, 3.63) is 41.6 Å². The van der Waals surface area contributed by atoms with Gasteiger partial charge in [0.15, 0.2) is 0 Å². The van der Waals surface area contributed by atoms with E-state index in [0.717, 1.165) is 16.9 Å². The Balaban J connectivity index is 2.48. The van der Waals surface area contributed by atoms with Gasteiger partial charge in [0.25, 0.3) is 0 Å². The third kappa shape index (κ3) is 2.20. The highest BCUT2D eigenvalue weighted by Gasteiger charge is 2.14. The van der Waals surface area contributed by atoms with E-state index < -0.39 is 0 Å². The molecule has 1 heterocycles. The lowest BCUT2D eigenvalue weighted by molar-refractivity contribution is 0.254. The highest BCUT2D eigenvalue weighted by molar-refractivity contribution is 5.89. The molecule has 0 aliphatic heterocycles. The lowest BCUT2D eigenvalue weighted by Crippen LogP contribution is -2.26. The van der Waals surface area contributed by atoms with Crippen molar-refractivity contribution in [1.82, 2.24) is 15.1 Å². The van der Waals surface area contributed by atoms with Crippen LogP contribution in [0.1, 0.15) is 11.3 Å². The number of carbonyl (C=O) groups excluding carboxylic acids is 1. The van der Waals surface area contributed by atoms with Crippen LogP contribution in [0.2, 0.25) is 0 Å². The summed E-state index contributed by atoms with van der Waals surface area (Å²) in [6.45, 7) is 3.86. The first-order valence-electron chi connectivity index (χ1n) is 5.74. The lowest BCUT2D eigenvalue weighted by Gasteiger charge is -2.09. The van der Waals surface area contributed by atoms with Gasteiger partial charge >= 0.3 is 6.03 Å². The Kier molecular flexibility index (Phi) is 3.32. The summed E-state index contributed by atoms with van der Waals surface area (Å²) in [5, 5.41) is 9.78. The standard InChI is InChI=1S/C13H16N4O/c1-9-10(2)16-17(11-7-5-4-6-8-11)12(9)15-13(18)14-3/h4-8H,1-3H3,(H2,14,15,18). The van der Waals surface area contributed by atoms with E-state index in [1.165, 1.54) is 0 Å². The van der Waals surface area contributed by atoms with Crippen LogP contribution in [0.15, 0.2) is 30.3 Å². The number of para-hydroxylation sites is 1. The molecule has 18 heavy (non-hydrogen) atoms. The van der Waals surface area contributed by atoms with Crippen molar-refractivity contribution in [2.24, 2.45) is 0 Å². The van der Waals surface area contributed by atoms with E-state index in [4.69, 9.17) is 0 Å². The molecule has 0 aliphatic carbocycles. The summed E-state index contributed by atoms with van der Waals surface area (Å²) >= 11 is 0. The minimum absolute atomic E-state index is 0.254. The second-order valence-corrected chi connectivity index (χ2v) is 4.01. The monoisotopic (exact) mass is 244 g/mol. The van der Waals surface area contributed by atoms with Crippen LogP contribution in [0, 0.1) is 13.8 Å². The lowest BCUT2D eigenvalue weighted by atomic mass is 10.2. The second kappa shape index (κ2) is 4.91. The van der Waals surface area contributed by atoms with Gasteiger partial charge in [-0.15, -0.1) is 0 Å². The maximum absolute atomic E-state index is 11.5. The van der Waals surface area contributed by atoms with Gasteiger partial charge in [-0.25, -0.2) is 9.48 Å². The van der Waals surface area contributed by atoms with Crippen molar-refractivity contribution in [2.45, 2.75) is 13.8 Å². The van der Waals surface area contributed by atoms with Gasteiger partial charge < -0.3 is 5.32 Å².